The Kier molecular flexibility index (Phi) is 6.52. The van der Waals surface area contributed by atoms with Gasteiger partial charge in [-0.1, -0.05) is 20.3 Å². The second-order valence-electron chi connectivity index (χ2n) is 4.76. The molecular formula is C14H26N2. The lowest BCUT2D eigenvalue weighted by atomic mass is 10.0. The van der Waals surface area contributed by atoms with E-state index in [2.05, 4.69) is 30.0 Å². The Bertz CT molecular complexity index is 219. The molecule has 1 aliphatic heterocycles. The van der Waals surface area contributed by atoms with Gasteiger partial charge >= 0.3 is 0 Å². The number of nitrogens with one attached hydrogen (secondary N) is 1. The van der Waals surface area contributed by atoms with Crippen molar-refractivity contribution < 1.29 is 0 Å². The third kappa shape index (κ3) is 4.15. The van der Waals surface area contributed by atoms with Crippen molar-refractivity contribution in [2.75, 3.05) is 19.6 Å². The van der Waals surface area contributed by atoms with Gasteiger partial charge in [0, 0.05) is 31.6 Å². The Hall–Kier alpha value is -0.520. The molecule has 1 rings (SSSR count). The summed E-state index contributed by atoms with van der Waals surface area (Å²) in [5.74, 6) is 2.73. The van der Waals surface area contributed by atoms with E-state index >= 15 is 0 Å². The zero-order chi connectivity index (χ0) is 11.8. The van der Waals surface area contributed by atoms with E-state index in [9.17, 15) is 0 Å². The highest BCUT2D eigenvalue weighted by atomic mass is 15.2. The van der Waals surface area contributed by atoms with E-state index in [0.717, 1.165) is 19.4 Å². The van der Waals surface area contributed by atoms with E-state index in [0.29, 0.717) is 12.1 Å². The van der Waals surface area contributed by atoms with Crippen LogP contribution in [0.15, 0.2) is 0 Å². The maximum absolute atomic E-state index is 5.31. The van der Waals surface area contributed by atoms with Gasteiger partial charge in [0.2, 0.25) is 0 Å². The first kappa shape index (κ1) is 13.5. The fraction of sp³-hybridized carbons (Fsp3) is 0.857. The summed E-state index contributed by atoms with van der Waals surface area (Å²) in [6, 6.07) is 1.41. The molecule has 1 heterocycles. The smallest absolute Gasteiger partial charge is 0.0218 e. The molecule has 2 nitrogen and oxygen atoms in total. The second kappa shape index (κ2) is 7.70. The average molecular weight is 222 g/mol. The number of nitrogens with zero attached hydrogens (tertiary/aromatic N) is 1. The van der Waals surface area contributed by atoms with Crippen molar-refractivity contribution >= 4 is 0 Å². The summed E-state index contributed by atoms with van der Waals surface area (Å²) in [6.07, 6.45) is 11.2. The zero-order valence-electron chi connectivity index (χ0n) is 10.8. The lowest BCUT2D eigenvalue weighted by Crippen LogP contribution is -2.56. The van der Waals surface area contributed by atoms with Crippen LogP contribution >= 0.6 is 0 Å². The number of terminal acetylenes is 1. The predicted molar refractivity (Wildman–Crippen MR) is 70.4 cm³/mol. The molecule has 0 amide bonds. The monoisotopic (exact) mass is 222 g/mol. The van der Waals surface area contributed by atoms with E-state index in [1.165, 1.54) is 32.4 Å². The first-order valence-electron chi connectivity index (χ1n) is 6.72. The Morgan fingerprint density at radius 2 is 2.25 bits per heavy atom. The quantitative estimate of drug-likeness (QED) is 0.548. The molecular weight excluding hydrogens is 196 g/mol. The van der Waals surface area contributed by atoms with Gasteiger partial charge in [-0.05, 0) is 25.8 Å². The normalized spacial score (nSPS) is 26.6. The fourth-order valence-electron chi connectivity index (χ4n) is 2.53. The summed E-state index contributed by atoms with van der Waals surface area (Å²) in [5, 5.41) is 3.66. The number of piperazine rings is 1. The molecule has 2 unspecified atom stereocenters. The van der Waals surface area contributed by atoms with Crippen LogP contribution in [-0.2, 0) is 0 Å². The highest BCUT2D eigenvalue weighted by Crippen LogP contribution is 2.13. The van der Waals surface area contributed by atoms with E-state index in [4.69, 9.17) is 6.42 Å². The SMILES string of the molecule is C#CCCCN1CC(CCC)NCC1CC. The fourth-order valence-corrected chi connectivity index (χ4v) is 2.53. The number of hydrogen-bond donors (Lipinski definition) is 1. The molecule has 1 N–H and O–H groups in total. The van der Waals surface area contributed by atoms with Gasteiger partial charge in [-0.15, -0.1) is 12.3 Å². The Balaban J connectivity index is 2.37. The van der Waals surface area contributed by atoms with Gasteiger partial charge in [-0.25, -0.2) is 0 Å². The standard InChI is InChI=1S/C14H26N2/c1-4-7-8-10-16-12-13(9-5-2)15-11-14(16)6-3/h1,13-15H,5-12H2,2-3H3. The number of hydrogen-bond acceptors (Lipinski definition) is 2. The highest BCUT2D eigenvalue weighted by molar-refractivity contribution is 4.87. The summed E-state index contributed by atoms with van der Waals surface area (Å²) in [4.78, 5) is 2.63. The van der Waals surface area contributed by atoms with Crippen LogP contribution in [-0.4, -0.2) is 36.6 Å². The lowest BCUT2D eigenvalue weighted by molar-refractivity contribution is 0.122. The molecule has 1 fully saturated rings. The largest absolute Gasteiger partial charge is 0.311 e. The van der Waals surface area contributed by atoms with Crippen LogP contribution in [0.25, 0.3) is 0 Å². The molecule has 0 bridgehead atoms. The Morgan fingerprint density at radius 1 is 1.44 bits per heavy atom. The first-order chi connectivity index (χ1) is 7.81. The van der Waals surface area contributed by atoms with Crippen molar-refractivity contribution in [1.29, 1.82) is 0 Å². The highest BCUT2D eigenvalue weighted by Gasteiger charge is 2.25. The summed E-state index contributed by atoms with van der Waals surface area (Å²) in [7, 11) is 0. The summed E-state index contributed by atoms with van der Waals surface area (Å²) in [6.45, 7) is 8.07. The third-order valence-electron chi connectivity index (χ3n) is 3.49. The maximum atomic E-state index is 5.31. The van der Waals surface area contributed by atoms with Crippen molar-refractivity contribution in [3.05, 3.63) is 0 Å². The van der Waals surface area contributed by atoms with E-state index in [1.807, 2.05) is 0 Å². The van der Waals surface area contributed by atoms with Crippen LogP contribution in [0, 0.1) is 12.3 Å². The molecule has 92 valence electrons. The Morgan fingerprint density at radius 3 is 2.88 bits per heavy atom. The molecule has 0 saturated carbocycles. The Labute approximate surface area is 101 Å². The van der Waals surface area contributed by atoms with Crippen LogP contribution in [0.4, 0.5) is 0 Å². The molecule has 2 atom stereocenters. The average Bonchev–Trinajstić information content (AvgIpc) is 2.30. The molecule has 0 radical (unpaired) electrons. The molecule has 0 aromatic rings. The molecule has 1 saturated heterocycles. The summed E-state index contributed by atoms with van der Waals surface area (Å²) < 4.78 is 0. The van der Waals surface area contributed by atoms with Crippen LogP contribution in [0.2, 0.25) is 0 Å². The maximum Gasteiger partial charge on any atom is 0.0218 e. The van der Waals surface area contributed by atoms with Crippen molar-refractivity contribution in [1.82, 2.24) is 10.2 Å². The molecule has 0 aromatic heterocycles. The minimum Gasteiger partial charge on any atom is -0.311 e. The van der Waals surface area contributed by atoms with E-state index in [1.54, 1.807) is 0 Å². The summed E-state index contributed by atoms with van der Waals surface area (Å²) in [5.41, 5.74) is 0. The number of unbranched alkanes of at least 4 members (excludes halogenated alkanes) is 1. The third-order valence-corrected chi connectivity index (χ3v) is 3.49. The molecule has 0 spiro atoms. The van der Waals surface area contributed by atoms with E-state index in [-0.39, 0.29) is 0 Å². The lowest BCUT2D eigenvalue weighted by Gasteiger charge is -2.40. The van der Waals surface area contributed by atoms with Crippen LogP contribution in [0.3, 0.4) is 0 Å². The molecule has 2 heteroatoms. The van der Waals surface area contributed by atoms with Crippen LogP contribution < -0.4 is 5.32 Å². The molecule has 0 aliphatic carbocycles. The van der Waals surface area contributed by atoms with Crippen molar-refractivity contribution in [3.63, 3.8) is 0 Å². The minimum absolute atomic E-state index is 0.693. The van der Waals surface area contributed by atoms with Crippen molar-refractivity contribution in [3.8, 4) is 12.3 Å². The van der Waals surface area contributed by atoms with Gasteiger partial charge < -0.3 is 5.32 Å². The molecule has 0 aromatic carbocycles. The van der Waals surface area contributed by atoms with Gasteiger partial charge in [0.15, 0.2) is 0 Å². The van der Waals surface area contributed by atoms with Crippen molar-refractivity contribution in [2.24, 2.45) is 0 Å². The summed E-state index contributed by atoms with van der Waals surface area (Å²) >= 11 is 0. The molecule has 16 heavy (non-hydrogen) atoms. The van der Waals surface area contributed by atoms with Gasteiger partial charge in [-0.2, -0.15) is 0 Å². The van der Waals surface area contributed by atoms with E-state index < -0.39 is 0 Å². The number of rotatable bonds is 6. The van der Waals surface area contributed by atoms with Gasteiger partial charge in [0.25, 0.3) is 0 Å². The van der Waals surface area contributed by atoms with Crippen molar-refractivity contribution in [2.45, 2.75) is 58.0 Å². The predicted octanol–water partition coefficient (Wildman–Crippen LogP) is 2.25. The topological polar surface area (TPSA) is 15.3 Å². The van der Waals surface area contributed by atoms with Gasteiger partial charge in [-0.3, -0.25) is 4.90 Å². The minimum atomic E-state index is 0.693. The second-order valence-corrected chi connectivity index (χ2v) is 4.76. The van der Waals surface area contributed by atoms with Gasteiger partial charge in [0.05, 0.1) is 0 Å². The zero-order valence-corrected chi connectivity index (χ0v) is 10.8. The van der Waals surface area contributed by atoms with Crippen LogP contribution in [0.1, 0.15) is 46.0 Å². The van der Waals surface area contributed by atoms with Gasteiger partial charge in [0.1, 0.15) is 0 Å². The van der Waals surface area contributed by atoms with Crippen LogP contribution in [0.5, 0.6) is 0 Å². The first-order valence-corrected chi connectivity index (χ1v) is 6.72. The molecule has 1 aliphatic rings.